The molecule has 6 nitrogen and oxygen atoms in total. The lowest BCUT2D eigenvalue weighted by Gasteiger charge is -2.09. The van der Waals surface area contributed by atoms with Crippen LogP contribution in [0.4, 0.5) is 0 Å². The number of allylic oxidation sites excluding steroid dienone is 2. The zero-order chi connectivity index (χ0) is 23.0. The molecule has 2 rings (SSSR count). The summed E-state index contributed by atoms with van der Waals surface area (Å²) in [6.45, 7) is 2.64. The summed E-state index contributed by atoms with van der Waals surface area (Å²) in [5.74, 6) is 1.43. The summed E-state index contributed by atoms with van der Waals surface area (Å²) in [6.07, 6.45) is 5.86. The maximum absolute atomic E-state index is 10.7. The second kappa shape index (κ2) is 15.2. The SMILES string of the molecule is O=C(Cl)/C=C/c1ccc(OCCOCCOCCOc2ccc(/C=C/C(=O)Cl)cc2)cc1. The van der Waals surface area contributed by atoms with E-state index in [0.29, 0.717) is 51.1 Å². The summed E-state index contributed by atoms with van der Waals surface area (Å²) in [4.78, 5) is 21.4. The van der Waals surface area contributed by atoms with Crippen molar-refractivity contribution in [3.05, 3.63) is 71.8 Å². The van der Waals surface area contributed by atoms with Crippen LogP contribution >= 0.6 is 23.2 Å². The Kier molecular flexibility index (Phi) is 12.2. The van der Waals surface area contributed by atoms with Crippen LogP contribution in [0.25, 0.3) is 12.2 Å². The predicted octanol–water partition coefficient (Wildman–Crippen LogP) is 4.73. The Morgan fingerprint density at radius 3 is 1.28 bits per heavy atom. The summed E-state index contributed by atoms with van der Waals surface area (Å²) < 4.78 is 22.1. The number of halogens is 2. The van der Waals surface area contributed by atoms with E-state index < -0.39 is 10.5 Å². The van der Waals surface area contributed by atoms with E-state index in [-0.39, 0.29) is 0 Å². The Bertz CT molecular complexity index is 816. The standard InChI is InChI=1S/C24H24Cl2O6/c25-23(27)11-5-19-1-7-21(8-2-19)31-17-15-29-13-14-30-16-18-32-22-9-3-20(4-10-22)6-12-24(26)28/h1-12H,13-18H2/b11-5+,12-6+. The Balaban J connectivity index is 1.47. The smallest absolute Gasteiger partial charge is 0.245 e. The van der Waals surface area contributed by atoms with Crippen molar-refractivity contribution in [2.45, 2.75) is 0 Å². The molecule has 8 heteroatoms. The molecule has 0 fully saturated rings. The van der Waals surface area contributed by atoms with Gasteiger partial charge in [-0.2, -0.15) is 0 Å². The quantitative estimate of drug-likeness (QED) is 0.209. The molecule has 0 aliphatic rings. The lowest BCUT2D eigenvalue weighted by molar-refractivity contribution is -0.108. The van der Waals surface area contributed by atoms with Crippen LogP contribution < -0.4 is 9.47 Å². The van der Waals surface area contributed by atoms with E-state index in [1.54, 1.807) is 12.2 Å². The maximum atomic E-state index is 10.7. The second-order valence-corrected chi connectivity index (χ2v) is 7.08. The molecule has 0 aliphatic heterocycles. The van der Waals surface area contributed by atoms with Gasteiger partial charge in [0.25, 0.3) is 0 Å². The number of benzene rings is 2. The molecule has 0 bridgehead atoms. The van der Waals surface area contributed by atoms with Crippen LogP contribution in [0, 0.1) is 0 Å². The van der Waals surface area contributed by atoms with Crippen molar-refractivity contribution in [3.63, 3.8) is 0 Å². The van der Waals surface area contributed by atoms with E-state index >= 15 is 0 Å². The number of rotatable bonds is 15. The van der Waals surface area contributed by atoms with Crippen molar-refractivity contribution in [1.82, 2.24) is 0 Å². The Hall–Kier alpha value is -2.64. The number of ether oxygens (including phenoxy) is 4. The Morgan fingerprint density at radius 2 is 0.938 bits per heavy atom. The molecular formula is C24H24Cl2O6. The zero-order valence-corrected chi connectivity index (χ0v) is 18.9. The molecule has 2 aromatic rings. The third kappa shape index (κ3) is 11.7. The average molecular weight is 479 g/mol. The number of hydrogen-bond donors (Lipinski definition) is 0. The fourth-order valence-electron chi connectivity index (χ4n) is 2.43. The fraction of sp³-hybridized carbons (Fsp3) is 0.250. The Labute approximate surface area is 197 Å². The first-order valence-corrected chi connectivity index (χ1v) is 10.6. The van der Waals surface area contributed by atoms with Gasteiger partial charge in [0.2, 0.25) is 10.5 Å². The highest BCUT2D eigenvalue weighted by Gasteiger charge is 1.97. The highest BCUT2D eigenvalue weighted by Crippen LogP contribution is 2.14. The van der Waals surface area contributed by atoms with Gasteiger partial charge < -0.3 is 18.9 Å². The summed E-state index contributed by atoms with van der Waals surface area (Å²) in [5, 5.41) is -1.03. The monoisotopic (exact) mass is 478 g/mol. The van der Waals surface area contributed by atoms with Gasteiger partial charge >= 0.3 is 0 Å². The first-order chi connectivity index (χ1) is 15.5. The maximum Gasteiger partial charge on any atom is 0.245 e. The molecular weight excluding hydrogens is 455 g/mol. The summed E-state index contributed by atoms with van der Waals surface area (Å²) in [5.41, 5.74) is 1.72. The van der Waals surface area contributed by atoms with E-state index in [1.165, 1.54) is 12.2 Å². The topological polar surface area (TPSA) is 71.1 Å². The molecule has 0 radical (unpaired) electrons. The van der Waals surface area contributed by atoms with E-state index in [1.807, 2.05) is 48.5 Å². The van der Waals surface area contributed by atoms with Gasteiger partial charge in [-0.3, -0.25) is 9.59 Å². The van der Waals surface area contributed by atoms with Gasteiger partial charge in [0.1, 0.15) is 24.7 Å². The molecule has 0 heterocycles. The molecule has 0 atom stereocenters. The molecule has 0 amide bonds. The minimum atomic E-state index is -0.513. The molecule has 0 spiro atoms. The van der Waals surface area contributed by atoms with Gasteiger partial charge in [-0.25, -0.2) is 0 Å². The molecule has 2 aromatic carbocycles. The van der Waals surface area contributed by atoms with Crippen LogP contribution in [0.3, 0.4) is 0 Å². The van der Waals surface area contributed by atoms with Gasteiger partial charge in [-0.15, -0.1) is 0 Å². The van der Waals surface area contributed by atoms with Crippen LogP contribution in [-0.2, 0) is 19.1 Å². The summed E-state index contributed by atoms with van der Waals surface area (Å²) >= 11 is 10.5. The van der Waals surface area contributed by atoms with E-state index in [4.69, 9.17) is 42.1 Å². The number of hydrogen-bond acceptors (Lipinski definition) is 6. The van der Waals surface area contributed by atoms with Crippen molar-refractivity contribution in [2.75, 3.05) is 39.6 Å². The van der Waals surface area contributed by atoms with E-state index in [2.05, 4.69) is 0 Å². The van der Waals surface area contributed by atoms with Crippen LogP contribution in [0.1, 0.15) is 11.1 Å². The van der Waals surface area contributed by atoms with Crippen molar-refractivity contribution in [1.29, 1.82) is 0 Å². The van der Waals surface area contributed by atoms with Gasteiger partial charge in [0.15, 0.2) is 0 Å². The van der Waals surface area contributed by atoms with Gasteiger partial charge in [-0.05, 0) is 70.7 Å². The first-order valence-electron chi connectivity index (χ1n) is 9.89. The highest BCUT2D eigenvalue weighted by molar-refractivity contribution is 6.67. The predicted molar refractivity (Wildman–Crippen MR) is 125 cm³/mol. The average Bonchev–Trinajstić information content (AvgIpc) is 2.79. The lowest BCUT2D eigenvalue weighted by Crippen LogP contribution is -2.13. The summed E-state index contributed by atoms with van der Waals surface area (Å²) in [6, 6.07) is 14.6. The Morgan fingerprint density at radius 1 is 0.594 bits per heavy atom. The van der Waals surface area contributed by atoms with E-state index in [9.17, 15) is 9.59 Å². The van der Waals surface area contributed by atoms with Gasteiger partial charge in [0.05, 0.1) is 26.4 Å². The number of carbonyl (C=O) groups is 2. The first kappa shape index (κ1) is 25.6. The normalized spacial score (nSPS) is 11.2. The second-order valence-electron chi connectivity index (χ2n) is 6.33. The minimum absolute atomic E-state index is 0.419. The van der Waals surface area contributed by atoms with Crippen molar-refractivity contribution < 1.29 is 28.5 Å². The molecule has 0 saturated heterocycles. The fourth-order valence-corrected chi connectivity index (χ4v) is 2.56. The third-order valence-electron chi connectivity index (χ3n) is 3.94. The highest BCUT2D eigenvalue weighted by atomic mass is 35.5. The largest absolute Gasteiger partial charge is 0.491 e. The van der Waals surface area contributed by atoms with Crippen molar-refractivity contribution >= 4 is 45.8 Å². The molecule has 0 aliphatic carbocycles. The lowest BCUT2D eigenvalue weighted by atomic mass is 10.2. The minimum Gasteiger partial charge on any atom is -0.491 e. The number of carbonyl (C=O) groups excluding carboxylic acids is 2. The molecule has 0 unspecified atom stereocenters. The van der Waals surface area contributed by atoms with Crippen LogP contribution in [0.15, 0.2) is 60.7 Å². The van der Waals surface area contributed by atoms with Crippen LogP contribution in [-0.4, -0.2) is 50.1 Å². The molecule has 0 saturated carbocycles. The van der Waals surface area contributed by atoms with Crippen molar-refractivity contribution in [2.24, 2.45) is 0 Å². The molecule has 170 valence electrons. The molecule has 0 aromatic heterocycles. The molecule has 0 N–H and O–H groups in total. The van der Waals surface area contributed by atoms with Crippen molar-refractivity contribution in [3.8, 4) is 11.5 Å². The zero-order valence-electron chi connectivity index (χ0n) is 17.4. The van der Waals surface area contributed by atoms with Gasteiger partial charge in [-0.1, -0.05) is 36.4 Å². The summed E-state index contributed by atoms with van der Waals surface area (Å²) in [7, 11) is 0. The van der Waals surface area contributed by atoms with Gasteiger partial charge in [0, 0.05) is 0 Å². The van der Waals surface area contributed by atoms with E-state index in [0.717, 1.165) is 11.1 Å². The third-order valence-corrected chi connectivity index (χ3v) is 4.19. The van der Waals surface area contributed by atoms with Crippen LogP contribution in [0.2, 0.25) is 0 Å². The van der Waals surface area contributed by atoms with Crippen LogP contribution in [0.5, 0.6) is 11.5 Å². The molecule has 32 heavy (non-hydrogen) atoms.